The molecule has 0 aliphatic heterocycles. The Balaban J connectivity index is 1.88. The zero-order valence-electron chi connectivity index (χ0n) is 13.8. The molecule has 23 heavy (non-hydrogen) atoms. The highest BCUT2D eigenvalue weighted by Crippen LogP contribution is 2.27. The SMILES string of the molecule is Cc1ccc(C)n1-c1sccc1C(=O)N(C)Cc1cnn(C)c1. The molecule has 0 aliphatic rings. The number of amides is 1. The minimum Gasteiger partial charge on any atom is -0.337 e. The molecule has 3 aromatic rings. The van der Waals surface area contributed by atoms with Crippen molar-refractivity contribution in [3.05, 3.63) is 58.5 Å². The van der Waals surface area contributed by atoms with E-state index in [0.29, 0.717) is 6.54 Å². The van der Waals surface area contributed by atoms with Crippen molar-refractivity contribution in [1.29, 1.82) is 0 Å². The lowest BCUT2D eigenvalue weighted by Gasteiger charge is -2.17. The predicted octanol–water partition coefficient (Wildman–Crippen LogP) is 3.16. The number of aryl methyl sites for hydroxylation is 3. The first-order chi connectivity index (χ1) is 11.0. The number of hydrogen-bond acceptors (Lipinski definition) is 3. The molecule has 3 heterocycles. The Labute approximate surface area is 139 Å². The molecule has 3 aromatic heterocycles. The lowest BCUT2D eigenvalue weighted by atomic mass is 10.2. The van der Waals surface area contributed by atoms with E-state index < -0.39 is 0 Å². The molecule has 0 bridgehead atoms. The average molecular weight is 328 g/mol. The van der Waals surface area contributed by atoms with Gasteiger partial charge in [0, 0.05) is 43.8 Å². The minimum absolute atomic E-state index is 0.0256. The molecular formula is C17H20N4OS. The normalized spacial score (nSPS) is 11.0. The summed E-state index contributed by atoms with van der Waals surface area (Å²) in [5, 5.41) is 7.10. The van der Waals surface area contributed by atoms with Gasteiger partial charge in [-0.2, -0.15) is 5.10 Å². The van der Waals surface area contributed by atoms with Crippen LogP contribution in [-0.2, 0) is 13.6 Å². The third-order valence-electron chi connectivity index (χ3n) is 3.87. The van der Waals surface area contributed by atoms with Gasteiger partial charge in [0.25, 0.3) is 5.91 Å². The molecule has 0 radical (unpaired) electrons. The smallest absolute Gasteiger partial charge is 0.256 e. The van der Waals surface area contributed by atoms with Crippen LogP contribution in [0.25, 0.3) is 5.00 Å². The summed E-state index contributed by atoms with van der Waals surface area (Å²) < 4.78 is 3.88. The fourth-order valence-electron chi connectivity index (χ4n) is 2.73. The second-order valence-electron chi connectivity index (χ2n) is 5.77. The van der Waals surface area contributed by atoms with Crippen molar-refractivity contribution in [2.24, 2.45) is 7.05 Å². The van der Waals surface area contributed by atoms with Crippen LogP contribution in [0.1, 0.15) is 27.3 Å². The van der Waals surface area contributed by atoms with Gasteiger partial charge in [0.1, 0.15) is 5.00 Å². The van der Waals surface area contributed by atoms with Crippen molar-refractivity contribution in [1.82, 2.24) is 19.2 Å². The molecule has 0 saturated carbocycles. The van der Waals surface area contributed by atoms with Crippen molar-refractivity contribution in [2.75, 3.05) is 7.05 Å². The molecule has 0 atom stereocenters. The number of carbonyl (C=O) groups is 1. The lowest BCUT2D eigenvalue weighted by Crippen LogP contribution is -2.26. The van der Waals surface area contributed by atoms with E-state index in [1.807, 2.05) is 31.7 Å². The maximum absolute atomic E-state index is 12.8. The predicted molar refractivity (Wildman–Crippen MR) is 92.1 cm³/mol. The zero-order valence-corrected chi connectivity index (χ0v) is 14.6. The van der Waals surface area contributed by atoms with Gasteiger partial charge in [0.2, 0.25) is 0 Å². The standard InChI is InChI=1S/C17H20N4OS/c1-12-5-6-13(2)21(12)17-15(7-8-23-17)16(22)19(3)10-14-9-18-20(4)11-14/h5-9,11H,10H2,1-4H3. The Morgan fingerprint density at radius 1 is 1.26 bits per heavy atom. The third kappa shape index (κ3) is 2.94. The molecule has 1 amide bonds. The van der Waals surface area contributed by atoms with Gasteiger partial charge in [-0.25, -0.2) is 0 Å². The van der Waals surface area contributed by atoms with Crippen LogP contribution in [0.2, 0.25) is 0 Å². The van der Waals surface area contributed by atoms with Crippen LogP contribution in [0.3, 0.4) is 0 Å². The van der Waals surface area contributed by atoms with Crippen LogP contribution in [0.4, 0.5) is 0 Å². The second kappa shape index (κ2) is 6.04. The van der Waals surface area contributed by atoms with Crippen LogP contribution in [0.15, 0.2) is 36.0 Å². The average Bonchev–Trinajstić information content (AvgIpc) is 3.20. The molecular weight excluding hydrogens is 308 g/mol. The van der Waals surface area contributed by atoms with Gasteiger partial charge >= 0.3 is 0 Å². The Bertz CT molecular complexity index is 823. The molecule has 3 rings (SSSR count). The van der Waals surface area contributed by atoms with Crippen LogP contribution in [-0.4, -0.2) is 32.2 Å². The first-order valence-corrected chi connectivity index (χ1v) is 8.31. The summed E-state index contributed by atoms with van der Waals surface area (Å²) in [6.45, 7) is 4.66. The van der Waals surface area contributed by atoms with E-state index in [9.17, 15) is 4.79 Å². The molecule has 0 saturated heterocycles. The van der Waals surface area contributed by atoms with Crippen LogP contribution >= 0.6 is 11.3 Å². The quantitative estimate of drug-likeness (QED) is 0.738. The number of thiophene rings is 1. The second-order valence-corrected chi connectivity index (χ2v) is 6.67. The van der Waals surface area contributed by atoms with E-state index in [0.717, 1.165) is 27.5 Å². The van der Waals surface area contributed by atoms with Crippen molar-refractivity contribution >= 4 is 17.2 Å². The van der Waals surface area contributed by atoms with Gasteiger partial charge in [-0.3, -0.25) is 9.48 Å². The van der Waals surface area contributed by atoms with Crippen LogP contribution < -0.4 is 0 Å². The van der Waals surface area contributed by atoms with E-state index in [-0.39, 0.29) is 5.91 Å². The van der Waals surface area contributed by atoms with Gasteiger partial charge < -0.3 is 9.47 Å². The highest BCUT2D eigenvalue weighted by Gasteiger charge is 2.20. The molecule has 0 fully saturated rings. The number of carbonyl (C=O) groups excluding carboxylic acids is 1. The van der Waals surface area contributed by atoms with Gasteiger partial charge in [0.15, 0.2) is 0 Å². The van der Waals surface area contributed by atoms with Gasteiger partial charge in [0.05, 0.1) is 11.8 Å². The third-order valence-corrected chi connectivity index (χ3v) is 4.77. The zero-order chi connectivity index (χ0) is 16.6. The fourth-order valence-corrected chi connectivity index (χ4v) is 3.74. The highest BCUT2D eigenvalue weighted by atomic mass is 32.1. The van der Waals surface area contributed by atoms with Crippen molar-refractivity contribution < 1.29 is 4.79 Å². The maximum Gasteiger partial charge on any atom is 0.256 e. The molecule has 0 N–H and O–H groups in total. The highest BCUT2D eigenvalue weighted by molar-refractivity contribution is 7.13. The summed E-state index contributed by atoms with van der Waals surface area (Å²) in [6, 6.07) is 6.05. The lowest BCUT2D eigenvalue weighted by molar-refractivity contribution is 0.0785. The van der Waals surface area contributed by atoms with E-state index in [2.05, 4.69) is 35.6 Å². The van der Waals surface area contributed by atoms with E-state index in [4.69, 9.17) is 0 Å². The first kappa shape index (κ1) is 15.6. The maximum atomic E-state index is 12.8. The van der Waals surface area contributed by atoms with E-state index in [1.165, 1.54) is 0 Å². The van der Waals surface area contributed by atoms with Gasteiger partial charge in [-0.1, -0.05) is 0 Å². The summed E-state index contributed by atoms with van der Waals surface area (Å²) in [4.78, 5) is 14.6. The van der Waals surface area contributed by atoms with Crippen LogP contribution in [0, 0.1) is 13.8 Å². The van der Waals surface area contributed by atoms with Crippen molar-refractivity contribution in [3.8, 4) is 5.00 Å². The number of rotatable bonds is 4. The van der Waals surface area contributed by atoms with E-state index >= 15 is 0 Å². The summed E-state index contributed by atoms with van der Waals surface area (Å²) in [6.07, 6.45) is 3.72. The minimum atomic E-state index is 0.0256. The van der Waals surface area contributed by atoms with E-state index in [1.54, 1.807) is 27.1 Å². The Hall–Kier alpha value is -2.34. The van der Waals surface area contributed by atoms with Gasteiger partial charge in [-0.15, -0.1) is 11.3 Å². The molecule has 6 heteroatoms. The topological polar surface area (TPSA) is 43.1 Å². The summed E-state index contributed by atoms with van der Waals surface area (Å²) in [5.41, 5.74) is 4.03. The monoisotopic (exact) mass is 328 g/mol. The number of nitrogens with zero attached hydrogens (tertiary/aromatic N) is 4. The summed E-state index contributed by atoms with van der Waals surface area (Å²) in [5.74, 6) is 0.0256. The van der Waals surface area contributed by atoms with Gasteiger partial charge in [-0.05, 0) is 37.4 Å². The van der Waals surface area contributed by atoms with Crippen molar-refractivity contribution in [3.63, 3.8) is 0 Å². The van der Waals surface area contributed by atoms with Crippen molar-refractivity contribution in [2.45, 2.75) is 20.4 Å². The largest absolute Gasteiger partial charge is 0.337 e. The Morgan fingerprint density at radius 2 is 1.96 bits per heavy atom. The first-order valence-electron chi connectivity index (χ1n) is 7.43. The molecule has 5 nitrogen and oxygen atoms in total. The number of aromatic nitrogens is 3. The molecule has 120 valence electrons. The number of hydrogen-bond donors (Lipinski definition) is 0. The summed E-state index contributed by atoms with van der Waals surface area (Å²) in [7, 11) is 3.70. The fraction of sp³-hybridized carbons (Fsp3) is 0.294. The molecule has 0 unspecified atom stereocenters. The summed E-state index contributed by atoms with van der Waals surface area (Å²) >= 11 is 1.59. The Kier molecular flexibility index (Phi) is 4.09. The molecule has 0 aromatic carbocycles. The molecule has 0 aliphatic carbocycles. The van der Waals surface area contributed by atoms with Crippen LogP contribution in [0.5, 0.6) is 0 Å². The molecule has 0 spiro atoms. The Morgan fingerprint density at radius 3 is 2.57 bits per heavy atom.